The van der Waals surface area contributed by atoms with E-state index >= 15 is 0 Å². The molecule has 0 aliphatic carbocycles. The van der Waals surface area contributed by atoms with Crippen LogP contribution >= 0.6 is 0 Å². The first-order valence-electron chi connectivity index (χ1n) is 5.29. The molecule has 0 aliphatic heterocycles. The largest absolute Gasteiger partial charge is 0.322 e. The summed E-state index contributed by atoms with van der Waals surface area (Å²) in [6.45, 7) is 3.56. The van der Waals surface area contributed by atoms with Crippen LogP contribution in [0.4, 0.5) is 0 Å². The molecule has 2 aromatic rings. The number of aromatic amines is 1. The Bertz CT molecular complexity index is 569. The van der Waals surface area contributed by atoms with Gasteiger partial charge in [0.2, 0.25) is 0 Å². The summed E-state index contributed by atoms with van der Waals surface area (Å²) < 4.78 is 0. The number of nitrogens with one attached hydrogen (secondary N) is 1. The summed E-state index contributed by atoms with van der Waals surface area (Å²) in [7, 11) is 0. The van der Waals surface area contributed by atoms with Crippen LogP contribution in [0.1, 0.15) is 19.4 Å². The highest BCUT2D eigenvalue weighted by Gasteiger charge is 2.19. The third-order valence-corrected chi connectivity index (χ3v) is 2.43. The molecular formula is C12H14N4O. The summed E-state index contributed by atoms with van der Waals surface area (Å²) in [5.41, 5.74) is 6.77. The van der Waals surface area contributed by atoms with Crippen LogP contribution in [0.5, 0.6) is 0 Å². The fourth-order valence-corrected chi connectivity index (χ4v) is 1.53. The van der Waals surface area contributed by atoms with Crippen molar-refractivity contribution >= 4 is 0 Å². The van der Waals surface area contributed by atoms with Crippen LogP contribution in [0.2, 0.25) is 0 Å². The second-order valence-electron chi connectivity index (χ2n) is 4.43. The van der Waals surface area contributed by atoms with Crippen molar-refractivity contribution in [1.29, 1.82) is 0 Å². The van der Waals surface area contributed by atoms with Gasteiger partial charge in [-0.05, 0) is 32.0 Å². The zero-order chi connectivity index (χ0) is 12.5. The van der Waals surface area contributed by atoms with Crippen molar-refractivity contribution in [2.75, 3.05) is 0 Å². The molecule has 0 aromatic carbocycles. The van der Waals surface area contributed by atoms with Gasteiger partial charge in [-0.25, -0.2) is 5.10 Å². The molecule has 0 spiro atoms. The maximum Gasteiger partial charge on any atom is 0.269 e. The smallest absolute Gasteiger partial charge is 0.269 e. The van der Waals surface area contributed by atoms with Crippen LogP contribution in [-0.4, -0.2) is 15.2 Å². The van der Waals surface area contributed by atoms with Crippen molar-refractivity contribution in [2.24, 2.45) is 5.73 Å². The van der Waals surface area contributed by atoms with Crippen LogP contribution in [0.15, 0.2) is 35.3 Å². The molecule has 0 saturated carbocycles. The standard InChI is InChI=1S/C12H14N4O/c1-12(2,13)8-7-10(15-16-11(8)17)9-5-3-4-6-14-9/h3-7H,13H2,1-2H3,(H,16,17). The molecule has 0 unspecified atom stereocenters. The molecule has 0 atom stereocenters. The van der Waals surface area contributed by atoms with Crippen molar-refractivity contribution in [3.63, 3.8) is 0 Å². The predicted molar refractivity (Wildman–Crippen MR) is 65.3 cm³/mol. The zero-order valence-electron chi connectivity index (χ0n) is 9.77. The minimum atomic E-state index is -0.708. The first kappa shape index (κ1) is 11.5. The van der Waals surface area contributed by atoms with Crippen LogP contribution in [-0.2, 0) is 5.54 Å². The van der Waals surface area contributed by atoms with Gasteiger partial charge in [-0.3, -0.25) is 9.78 Å². The minimum absolute atomic E-state index is 0.266. The Balaban J connectivity index is 2.57. The maximum absolute atomic E-state index is 11.6. The van der Waals surface area contributed by atoms with Gasteiger partial charge in [0.25, 0.3) is 5.56 Å². The van der Waals surface area contributed by atoms with Crippen molar-refractivity contribution in [1.82, 2.24) is 15.2 Å². The van der Waals surface area contributed by atoms with Gasteiger partial charge in [0.1, 0.15) is 5.69 Å². The maximum atomic E-state index is 11.6. The molecule has 2 heterocycles. The zero-order valence-corrected chi connectivity index (χ0v) is 9.77. The molecule has 3 N–H and O–H groups in total. The average Bonchev–Trinajstić information content (AvgIpc) is 2.29. The molecule has 2 aromatic heterocycles. The van der Waals surface area contributed by atoms with E-state index < -0.39 is 5.54 Å². The fourth-order valence-electron chi connectivity index (χ4n) is 1.53. The monoisotopic (exact) mass is 230 g/mol. The number of H-pyrrole nitrogens is 1. The van der Waals surface area contributed by atoms with Gasteiger partial charge in [-0.2, -0.15) is 5.10 Å². The summed E-state index contributed by atoms with van der Waals surface area (Å²) >= 11 is 0. The van der Waals surface area contributed by atoms with E-state index in [1.807, 2.05) is 18.2 Å². The molecule has 5 nitrogen and oxygen atoms in total. The molecule has 0 saturated heterocycles. The molecule has 0 fully saturated rings. The van der Waals surface area contributed by atoms with Gasteiger partial charge < -0.3 is 5.73 Å². The Morgan fingerprint density at radius 1 is 1.29 bits per heavy atom. The number of aromatic nitrogens is 3. The van der Waals surface area contributed by atoms with E-state index in [0.29, 0.717) is 17.0 Å². The predicted octanol–water partition coefficient (Wildman–Crippen LogP) is 1.03. The molecule has 0 aliphatic rings. The Hall–Kier alpha value is -2.01. The number of nitrogens with zero attached hydrogens (tertiary/aromatic N) is 2. The van der Waals surface area contributed by atoms with Crippen molar-refractivity contribution in [3.05, 3.63) is 46.4 Å². The lowest BCUT2D eigenvalue weighted by Crippen LogP contribution is -2.35. The summed E-state index contributed by atoms with van der Waals surface area (Å²) in [6.07, 6.45) is 1.68. The Morgan fingerprint density at radius 2 is 2.06 bits per heavy atom. The lowest BCUT2D eigenvalue weighted by molar-refractivity contribution is 0.544. The number of hydrogen-bond donors (Lipinski definition) is 2. The van der Waals surface area contributed by atoms with Crippen molar-refractivity contribution in [3.8, 4) is 11.4 Å². The number of pyridine rings is 1. The first-order chi connectivity index (χ1) is 7.98. The summed E-state index contributed by atoms with van der Waals surface area (Å²) in [6, 6.07) is 7.19. The van der Waals surface area contributed by atoms with Crippen molar-refractivity contribution in [2.45, 2.75) is 19.4 Å². The van der Waals surface area contributed by atoms with E-state index in [-0.39, 0.29) is 5.56 Å². The van der Waals surface area contributed by atoms with Crippen LogP contribution < -0.4 is 11.3 Å². The van der Waals surface area contributed by atoms with Gasteiger partial charge in [-0.1, -0.05) is 6.07 Å². The van der Waals surface area contributed by atoms with Crippen molar-refractivity contribution < 1.29 is 0 Å². The number of nitrogens with two attached hydrogens (primary N) is 1. The van der Waals surface area contributed by atoms with E-state index in [1.165, 1.54) is 0 Å². The van der Waals surface area contributed by atoms with Crippen LogP contribution in [0, 0.1) is 0 Å². The third kappa shape index (κ3) is 2.39. The topological polar surface area (TPSA) is 84.7 Å². The van der Waals surface area contributed by atoms with Gasteiger partial charge in [0, 0.05) is 17.3 Å². The van der Waals surface area contributed by atoms with Gasteiger partial charge >= 0.3 is 0 Å². The summed E-state index contributed by atoms with van der Waals surface area (Å²) in [5.74, 6) is 0. The molecule has 88 valence electrons. The average molecular weight is 230 g/mol. The molecule has 17 heavy (non-hydrogen) atoms. The minimum Gasteiger partial charge on any atom is -0.322 e. The van der Waals surface area contributed by atoms with Crippen LogP contribution in [0.3, 0.4) is 0 Å². The second-order valence-corrected chi connectivity index (χ2v) is 4.43. The Labute approximate surface area is 98.7 Å². The molecule has 0 radical (unpaired) electrons. The highest BCUT2D eigenvalue weighted by atomic mass is 16.1. The molecular weight excluding hydrogens is 216 g/mol. The number of rotatable bonds is 2. The normalized spacial score (nSPS) is 11.5. The lowest BCUT2D eigenvalue weighted by Gasteiger charge is -2.17. The van der Waals surface area contributed by atoms with Crippen LogP contribution in [0.25, 0.3) is 11.4 Å². The molecule has 0 amide bonds. The highest BCUT2D eigenvalue weighted by Crippen LogP contribution is 2.17. The molecule has 2 rings (SSSR count). The molecule has 5 heteroatoms. The SMILES string of the molecule is CC(C)(N)c1cc(-c2ccccn2)n[nH]c1=O. The van der Waals surface area contributed by atoms with E-state index in [1.54, 1.807) is 26.1 Å². The first-order valence-corrected chi connectivity index (χ1v) is 5.29. The van der Waals surface area contributed by atoms with E-state index in [9.17, 15) is 4.79 Å². The number of hydrogen-bond acceptors (Lipinski definition) is 4. The van der Waals surface area contributed by atoms with E-state index in [4.69, 9.17) is 5.73 Å². The summed E-state index contributed by atoms with van der Waals surface area (Å²) in [5, 5.41) is 6.42. The van der Waals surface area contributed by atoms with Gasteiger partial charge in [-0.15, -0.1) is 0 Å². The third-order valence-electron chi connectivity index (χ3n) is 2.43. The fraction of sp³-hybridized carbons (Fsp3) is 0.250. The van der Waals surface area contributed by atoms with E-state index in [2.05, 4.69) is 15.2 Å². The van der Waals surface area contributed by atoms with Gasteiger partial charge in [0.05, 0.1) is 5.69 Å². The lowest BCUT2D eigenvalue weighted by atomic mass is 9.96. The Kier molecular flexibility index (Phi) is 2.77. The molecule has 0 bridgehead atoms. The van der Waals surface area contributed by atoms with E-state index in [0.717, 1.165) is 0 Å². The Morgan fingerprint density at radius 3 is 2.65 bits per heavy atom. The quantitative estimate of drug-likeness (QED) is 0.806. The second kappa shape index (κ2) is 4.10. The van der Waals surface area contributed by atoms with Gasteiger partial charge in [0.15, 0.2) is 0 Å². The summed E-state index contributed by atoms with van der Waals surface area (Å²) in [4.78, 5) is 15.8. The highest BCUT2D eigenvalue weighted by molar-refractivity contribution is 5.54.